The van der Waals surface area contributed by atoms with Gasteiger partial charge in [0.25, 0.3) is 5.91 Å². The van der Waals surface area contributed by atoms with Crippen LogP contribution in [0.2, 0.25) is 0 Å². The molecule has 1 saturated heterocycles. The van der Waals surface area contributed by atoms with Crippen LogP contribution in [0.25, 0.3) is 11.3 Å². The number of nitrogens with two attached hydrogens (primary N) is 1. The van der Waals surface area contributed by atoms with Crippen LogP contribution in [0.4, 0.5) is 0 Å². The third-order valence-electron chi connectivity index (χ3n) is 4.37. The zero-order chi connectivity index (χ0) is 15.7. The topological polar surface area (TPSA) is 51.3 Å². The minimum Gasteiger partial charge on any atom is -0.340 e. The second kappa shape index (κ2) is 6.26. The summed E-state index contributed by atoms with van der Waals surface area (Å²) in [5.41, 5.74) is 8.58. The molecule has 1 aliphatic rings. The van der Waals surface area contributed by atoms with Gasteiger partial charge in [-0.25, -0.2) is 0 Å². The van der Waals surface area contributed by atoms with E-state index in [1.807, 2.05) is 40.8 Å². The molecule has 1 aromatic carbocycles. The van der Waals surface area contributed by atoms with E-state index < -0.39 is 0 Å². The molecule has 1 fully saturated rings. The summed E-state index contributed by atoms with van der Waals surface area (Å²) < 4.78 is 3.00. The summed E-state index contributed by atoms with van der Waals surface area (Å²) in [6.07, 6.45) is 1.01. The molecule has 0 radical (unpaired) electrons. The molecule has 0 bridgehead atoms. The van der Waals surface area contributed by atoms with Gasteiger partial charge in [0.1, 0.15) is 5.69 Å². The average Bonchev–Trinajstić information content (AvgIpc) is 3.13. The van der Waals surface area contributed by atoms with E-state index in [0.29, 0.717) is 12.5 Å². The van der Waals surface area contributed by atoms with Crippen molar-refractivity contribution in [1.82, 2.24) is 9.47 Å². The first-order valence-electron chi connectivity index (χ1n) is 7.51. The van der Waals surface area contributed by atoms with Crippen molar-refractivity contribution in [2.75, 3.05) is 19.6 Å². The summed E-state index contributed by atoms with van der Waals surface area (Å²) in [7, 11) is 1.94. The number of nitrogens with zero attached hydrogens (tertiary/aromatic N) is 2. The first-order chi connectivity index (χ1) is 10.6. The highest BCUT2D eigenvalue weighted by atomic mass is 79.9. The molecule has 4 nitrogen and oxygen atoms in total. The van der Waals surface area contributed by atoms with E-state index >= 15 is 0 Å². The fourth-order valence-electron chi connectivity index (χ4n) is 3.04. The Balaban J connectivity index is 1.86. The maximum Gasteiger partial charge on any atom is 0.270 e. The molecule has 1 aliphatic heterocycles. The van der Waals surface area contributed by atoms with Crippen LogP contribution in [0.1, 0.15) is 16.9 Å². The van der Waals surface area contributed by atoms with Crippen LogP contribution in [0, 0.1) is 5.92 Å². The smallest absolute Gasteiger partial charge is 0.270 e. The minimum absolute atomic E-state index is 0.0969. The quantitative estimate of drug-likeness (QED) is 0.913. The molecule has 1 aromatic heterocycles. The summed E-state index contributed by atoms with van der Waals surface area (Å²) in [5, 5.41) is 0. The molecule has 0 spiro atoms. The lowest BCUT2D eigenvalue weighted by Crippen LogP contribution is -2.31. The molecule has 0 unspecified atom stereocenters. The van der Waals surface area contributed by atoms with Gasteiger partial charge in [-0.1, -0.05) is 28.1 Å². The van der Waals surface area contributed by atoms with Crippen molar-refractivity contribution in [3.8, 4) is 11.3 Å². The Kier molecular flexibility index (Phi) is 4.36. The lowest BCUT2D eigenvalue weighted by Gasteiger charge is -2.17. The highest BCUT2D eigenvalue weighted by molar-refractivity contribution is 9.10. The maximum atomic E-state index is 12.7. The molecule has 0 saturated carbocycles. The van der Waals surface area contributed by atoms with Crippen LogP contribution in [-0.2, 0) is 7.05 Å². The Morgan fingerprint density at radius 3 is 2.86 bits per heavy atom. The van der Waals surface area contributed by atoms with E-state index in [-0.39, 0.29) is 5.91 Å². The van der Waals surface area contributed by atoms with E-state index in [1.165, 1.54) is 0 Å². The van der Waals surface area contributed by atoms with Gasteiger partial charge in [-0.15, -0.1) is 0 Å². The van der Waals surface area contributed by atoms with Crippen LogP contribution in [0.5, 0.6) is 0 Å². The Labute approximate surface area is 139 Å². The number of rotatable bonds is 3. The Morgan fingerprint density at radius 1 is 1.36 bits per heavy atom. The standard InChI is InChI=1S/C17H20BrN3O/c1-20-15(13-3-2-4-14(18)9-13)5-6-16(20)17(22)21-8-7-12(10-19)11-21/h2-6,9,12H,7-8,10-11,19H2,1H3/t12-/m0/s1. The van der Waals surface area contributed by atoms with E-state index in [2.05, 4.69) is 28.1 Å². The molecule has 5 heteroatoms. The first kappa shape index (κ1) is 15.3. The van der Waals surface area contributed by atoms with Crippen LogP contribution in [0.15, 0.2) is 40.9 Å². The largest absolute Gasteiger partial charge is 0.340 e. The number of halogens is 1. The van der Waals surface area contributed by atoms with Gasteiger partial charge in [0.15, 0.2) is 0 Å². The molecule has 2 heterocycles. The Bertz CT molecular complexity index is 695. The number of carbonyl (C=O) groups excluding carboxylic acids is 1. The average molecular weight is 362 g/mol. The van der Waals surface area contributed by atoms with Crippen LogP contribution in [0.3, 0.4) is 0 Å². The van der Waals surface area contributed by atoms with Crippen molar-refractivity contribution < 1.29 is 4.79 Å². The highest BCUT2D eigenvalue weighted by Crippen LogP contribution is 2.26. The van der Waals surface area contributed by atoms with E-state index in [9.17, 15) is 4.79 Å². The molecule has 1 atom stereocenters. The van der Waals surface area contributed by atoms with Crippen molar-refractivity contribution in [1.29, 1.82) is 0 Å². The lowest BCUT2D eigenvalue weighted by molar-refractivity contribution is 0.0778. The number of carbonyl (C=O) groups is 1. The second-order valence-electron chi connectivity index (χ2n) is 5.81. The molecule has 1 amide bonds. The van der Waals surface area contributed by atoms with E-state index in [4.69, 9.17) is 5.73 Å². The SMILES string of the molecule is Cn1c(C(=O)N2CC[C@@H](CN)C2)ccc1-c1cccc(Br)c1. The van der Waals surface area contributed by atoms with Gasteiger partial charge < -0.3 is 15.2 Å². The van der Waals surface area contributed by atoms with Gasteiger partial charge in [0.05, 0.1) is 0 Å². The summed E-state index contributed by atoms with van der Waals surface area (Å²) in [5.74, 6) is 0.536. The predicted molar refractivity (Wildman–Crippen MR) is 91.6 cm³/mol. The number of likely N-dealkylation sites (tertiary alicyclic amines) is 1. The highest BCUT2D eigenvalue weighted by Gasteiger charge is 2.27. The third-order valence-corrected chi connectivity index (χ3v) is 4.86. The van der Waals surface area contributed by atoms with Crippen molar-refractivity contribution in [3.63, 3.8) is 0 Å². The van der Waals surface area contributed by atoms with Gasteiger partial charge in [0.2, 0.25) is 0 Å². The second-order valence-corrected chi connectivity index (χ2v) is 6.73. The number of amides is 1. The van der Waals surface area contributed by atoms with Crippen LogP contribution < -0.4 is 5.73 Å². The summed E-state index contributed by atoms with van der Waals surface area (Å²) in [6, 6.07) is 12.0. The van der Waals surface area contributed by atoms with Crippen LogP contribution in [-0.4, -0.2) is 35.0 Å². The number of hydrogen-bond donors (Lipinski definition) is 1. The molecule has 116 valence electrons. The van der Waals surface area contributed by atoms with E-state index in [0.717, 1.165) is 40.9 Å². The number of benzene rings is 1. The van der Waals surface area contributed by atoms with Crippen molar-refractivity contribution in [2.24, 2.45) is 18.7 Å². The monoisotopic (exact) mass is 361 g/mol. The molecule has 22 heavy (non-hydrogen) atoms. The molecular formula is C17H20BrN3O. The fraction of sp³-hybridized carbons (Fsp3) is 0.353. The summed E-state index contributed by atoms with van der Waals surface area (Å²) in [6.45, 7) is 2.23. The zero-order valence-electron chi connectivity index (χ0n) is 12.6. The maximum absolute atomic E-state index is 12.7. The summed E-state index contributed by atoms with van der Waals surface area (Å²) >= 11 is 3.49. The molecular weight excluding hydrogens is 342 g/mol. The molecule has 2 aromatic rings. The zero-order valence-corrected chi connectivity index (χ0v) is 14.2. The fourth-order valence-corrected chi connectivity index (χ4v) is 3.43. The Hall–Kier alpha value is -1.59. The van der Waals surface area contributed by atoms with Gasteiger partial charge in [-0.05, 0) is 48.7 Å². The number of aromatic nitrogens is 1. The van der Waals surface area contributed by atoms with Gasteiger partial charge in [-0.3, -0.25) is 4.79 Å². The lowest BCUT2D eigenvalue weighted by atomic mass is 10.1. The van der Waals surface area contributed by atoms with Gasteiger partial charge >= 0.3 is 0 Å². The number of hydrogen-bond acceptors (Lipinski definition) is 2. The van der Waals surface area contributed by atoms with Crippen molar-refractivity contribution in [3.05, 3.63) is 46.6 Å². The Morgan fingerprint density at radius 2 is 2.18 bits per heavy atom. The predicted octanol–water partition coefficient (Wildman–Crippen LogP) is 2.88. The summed E-state index contributed by atoms with van der Waals surface area (Å²) in [4.78, 5) is 14.6. The minimum atomic E-state index is 0.0969. The molecule has 2 N–H and O–H groups in total. The molecule has 3 rings (SSSR count). The normalized spacial score (nSPS) is 18.0. The third kappa shape index (κ3) is 2.83. The van der Waals surface area contributed by atoms with Gasteiger partial charge in [0, 0.05) is 30.3 Å². The molecule has 0 aliphatic carbocycles. The van der Waals surface area contributed by atoms with Crippen molar-refractivity contribution >= 4 is 21.8 Å². The van der Waals surface area contributed by atoms with Gasteiger partial charge in [-0.2, -0.15) is 0 Å². The van der Waals surface area contributed by atoms with E-state index in [1.54, 1.807) is 0 Å². The first-order valence-corrected chi connectivity index (χ1v) is 8.30. The van der Waals surface area contributed by atoms with Crippen molar-refractivity contribution in [2.45, 2.75) is 6.42 Å². The van der Waals surface area contributed by atoms with Crippen LogP contribution >= 0.6 is 15.9 Å².